The average molecular weight is 329 g/mol. The lowest BCUT2D eigenvalue weighted by atomic mass is 10.2. The van der Waals surface area contributed by atoms with Crippen molar-refractivity contribution in [3.05, 3.63) is 45.4 Å². The number of aliphatic hydroxyl groups is 1. The monoisotopic (exact) mass is 328 g/mol. The Morgan fingerprint density at radius 3 is 2.79 bits per heavy atom. The summed E-state index contributed by atoms with van der Waals surface area (Å²) in [5.74, 6) is 0.0728. The fourth-order valence-electron chi connectivity index (χ4n) is 1.80. The van der Waals surface area contributed by atoms with Gasteiger partial charge in [-0.2, -0.15) is 5.10 Å². The van der Waals surface area contributed by atoms with Crippen molar-refractivity contribution in [2.75, 3.05) is 0 Å². The van der Waals surface area contributed by atoms with Gasteiger partial charge in [0.2, 0.25) is 0 Å². The molecule has 0 aliphatic heterocycles. The standard InChI is InChI=1S/C13H14BrFN2O2/c1-8-13(14)11(17(2)16-8)7-19-12-4-3-10(15)5-9(12)6-18/h3-5,18H,6-7H2,1-2H3. The topological polar surface area (TPSA) is 47.3 Å². The highest BCUT2D eigenvalue weighted by Gasteiger charge is 2.12. The van der Waals surface area contributed by atoms with Crippen molar-refractivity contribution in [1.29, 1.82) is 0 Å². The van der Waals surface area contributed by atoms with Crippen molar-refractivity contribution in [1.82, 2.24) is 9.78 Å². The van der Waals surface area contributed by atoms with Crippen LogP contribution in [0.1, 0.15) is 17.0 Å². The van der Waals surface area contributed by atoms with E-state index in [4.69, 9.17) is 4.74 Å². The molecule has 0 radical (unpaired) electrons. The molecule has 0 amide bonds. The van der Waals surface area contributed by atoms with E-state index in [0.717, 1.165) is 15.9 Å². The molecule has 1 N–H and O–H groups in total. The summed E-state index contributed by atoms with van der Waals surface area (Å²) in [5.41, 5.74) is 2.18. The summed E-state index contributed by atoms with van der Waals surface area (Å²) < 4.78 is 21.3. The molecular formula is C13H14BrFN2O2. The van der Waals surface area contributed by atoms with Crippen molar-refractivity contribution in [3.63, 3.8) is 0 Å². The molecule has 1 aromatic carbocycles. The lowest BCUT2D eigenvalue weighted by Crippen LogP contribution is -2.05. The quantitative estimate of drug-likeness (QED) is 0.938. The van der Waals surface area contributed by atoms with Crippen LogP contribution in [0.5, 0.6) is 5.75 Å². The van der Waals surface area contributed by atoms with Crippen molar-refractivity contribution in [2.45, 2.75) is 20.1 Å². The van der Waals surface area contributed by atoms with Gasteiger partial charge < -0.3 is 9.84 Å². The first-order valence-electron chi connectivity index (χ1n) is 5.73. The normalized spacial score (nSPS) is 10.8. The number of halogens is 2. The number of aromatic nitrogens is 2. The van der Waals surface area contributed by atoms with E-state index in [9.17, 15) is 9.50 Å². The van der Waals surface area contributed by atoms with E-state index in [1.807, 2.05) is 14.0 Å². The van der Waals surface area contributed by atoms with Crippen molar-refractivity contribution < 1.29 is 14.2 Å². The summed E-state index contributed by atoms with van der Waals surface area (Å²) in [6, 6.07) is 4.08. The van der Waals surface area contributed by atoms with Gasteiger partial charge in [-0.05, 0) is 41.1 Å². The van der Waals surface area contributed by atoms with E-state index in [0.29, 0.717) is 11.3 Å². The highest BCUT2D eigenvalue weighted by Crippen LogP contribution is 2.24. The minimum absolute atomic E-state index is 0.265. The van der Waals surface area contributed by atoms with Gasteiger partial charge in [0, 0.05) is 12.6 Å². The number of hydrogen-bond donors (Lipinski definition) is 1. The average Bonchev–Trinajstić information content (AvgIpc) is 2.62. The van der Waals surface area contributed by atoms with E-state index in [2.05, 4.69) is 21.0 Å². The Hall–Kier alpha value is -1.40. The van der Waals surface area contributed by atoms with Crippen LogP contribution >= 0.6 is 15.9 Å². The van der Waals surface area contributed by atoms with Gasteiger partial charge in [0.1, 0.15) is 18.2 Å². The summed E-state index contributed by atoms with van der Waals surface area (Å²) in [5, 5.41) is 13.4. The number of rotatable bonds is 4. The Morgan fingerprint density at radius 1 is 1.47 bits per heavy atom. The molecule has 4 nitrogen and oxygen atoms in total. The number of ether oxygens (including phenoxy) is 1. The molecule has 2 rings (SSSR count). The first-order chi connectivity index (χ1) is 9.02. The maximum absolute atomic E-state index is 13.0. The van der Waals surface area contributed by atoms with E-state index in [1.165, 1.54) is 18.2 Å². The van der Waals surface area contributed by atoms with Crippen LogP contribution in [0.3, 0.4) is 0 Å². The second-order valence-electron chi connectivity index (χ2n) is 4.17. The molecule has 19 heavy (non-hydrogen) atoms. The molecule has 0 unspecified atom stereocenters. The third kappa shape index (κ3) is 2.96. The molecule has 0 fully saturated rings. The van der Waals surface area contributed by atoms with Gasteiger partial charge >= 0.3 is 0 Å². The Bertz CT molecular complexity index is 599. The van der Waals surface area contributed by atoms with Crippen LogP contribution in [-0.4, -0.2) is 14.9 Å². The Balaban J connectivity index is 2.19. The Labute approximate surface area is 118 Å². The first-order valence-corrected chi connectivity index (χ1v) is 6.52. The summed E-state index contributed by atoms with van der Waals surface area (Å²) in [6.45, 7) is 1.92. The molecule has 102 valence electrons. The van der Waals surface area contributed by atoms with E-state index < -0.39 is 5.82 Å². The SMILES string of the molecule is Cc1nn(C)c(COc2ccc(F)cc2CO)c1Br. The lowest BCUT2D eigenvalue weighted by Gasteiger charge is -2.10. The van der Waals surface area contributed by atoms with Gasteiger partial charge in [-0.3, -0.25) is 4.68 Å². The van der Waals surface area contributed by atoms with Crippen molar-refractivity contribution in [3.8, 4) is 5.75 Å². The lowest BCUT2D eigenvalue weighted by molar-refractivity contribution is 0.254. The van der Waals surface area contributed by atoms with Crippen LogP contribution < -0.4 is 4.74 Å². The third-order valence-electron chi connectivity index (χ3n) is 2.82. The van der Waals surface area contributed by atoms with Gasteiger partial charge in [0.25, 0.3) is 0 Å². The van der Waals surface area contributed by atoms with E-state index >= 15 is 0 Å². The first kappa shape index (κ1) is 14.0. The second kappa shape index (κ2) is 5.71. The molecular weight excluding hydrogens is 315 g/mol. The zero-order valence-corrected chi connectivity index (χ0v) is 12.2. The van der Waals surface area contributed by atoms with Crippen LogP contribution in [0.2, 0.25) is 0 Å². The molecule has 1 heterocycles. The molecule has 2 aromatic rings. The minimum Gasteiger partial charge on any atom is -0.487 e. The second-order valence-corrected chi connectivity index (χ2v) is 4.96. The Morgan fingerprint density at radius 2 is 2.21 bits per heavy atom. The van der Waals surface area contributed by atoms with Gasteiger partial charge in [0.15, 0.2) is 0 Å². The van der Waals surface area contributed by atoms with Crippen LogP contribution in [0, 0.1) is 12.7 Å². The van der Waals surface area contributed by atoms with E-state index in [1.54, 1.807) is 4.68 Å². The zero-order valence-electron chi connectivity index (χ0n) is 10.7. The molecule has 0 atom stereocenters. The third-order valence-corrected chi connectivity index (χ3v) is 3.85. The molecule has 0 spiro atoms. The fraction of sp³-hybridized carbons (Fsp3) is 0.308. The van der Waals surface area contributed by atoms with Crippen LogP contribution in [-0.2, 0) is 20.3 Å². The minimum atomic E-state index is -0.394. The molecule has 6 heteroatoms. The highest BCUT2D eigenvalue weighted by atomic mass is 79.9. The maximum atomic E-state index is 13.0. The Kier molecular flexibility index (Phi) is 4.21. The van der Waals surface area contributed by atoms with Crippen LogP contribution in [0.4, 0.5) is 4.39 Å². The van der Waals surface area contributed by atoms with Gasteiger partial charge in [-0.15, -0.1) is 0 Å². The number of hydrogen-bond acceptors (Lipinski definition) is 3. The number of aliphatic hydroxyl groups excluding tert-OH is 1. The molecule has 0 aliphatic rings. The summed E-state index contributed by atoms with van der Waals surface area (Å²) in [4.78, 5) is 0. The molecule has 0 saturated heterocycles. The fourth-order valence-corrected chi connectivity index (χ4v) is 2.25. The van der Waals surface area contributed by atoms with Crippen LogP contribution in [0.15, 0.2) is 22.7 Å². The number of benzene rings is 1. The van der Waals surface area contributed by atoms with Gasteiger partial charge in [-0.1, -0.05) is 0 Å². The summed E-state index contributed by atoms with van der Waals surface area (Å²) >= 11 is 3.45. The van der Waals surface area contributed by atoms with Gasteiger partial charge in [-0.25, -0.2) is 4.39 Å². The van der Waals surface area contributed by atoms with Crippen molar-refractivity contribution in [2.24, 2.45) is 7.05 Å². The molecule has 1 aromatic heterocycles. The summed E-state index contributed by atoms with van der Waals surface area (Å²) in [6.07, 6.45) is 0. The number of nitrogens with zero attached hydrogens (tertiary/aromatic N) is 2. The maximum Gasteiger partial charge on any atom is 0.131 e. The van der Waals surface area contributed by atoms with Crippen molar-refractivity contribution >= 4 is 15.9 Å². The predicted octanol–water partition coefficient (Wildman–Crippen LogP) is 2.70. The number of aryl methyl sites for hydroxylation is 2. The zero-order chi connectivity index (χ0) is 14.0. The highest BCUT2D eigenvalue weighted by molar-refractivity contribution is 9.10. The summed E-state index contributed by atoms with van der Waals surface area (Å²) in [7, 11) is 1.83. The predicted molar refractivity (Wildman–Crippen MR) is 72.3 cm³/mol. The molecule has 0 bridgehead atoms. The largest absolute Gasteiger partial charge is 0.487 e. The van der Waals surface area contributed by atoms with Gasteiger partial charge in [0.05, 0.1) is 22.5 Å². The van der Waals surface area contributed by atoms with E-state index in [-0.39, 0.29) is 13.2 Å². The molecule has 0 aliphatic carbocycles. The molecule has 0 saturated carbocycles. The van der Waals surface area contributed by atoms with Crippen LogP contribution in [0.25, 0.3) is 0 Å². The smallest absolute Gasteiger partial charge is 0.131 e.